The Morgan fingerprint density at radius 3 is 2.43 bits per heavy atom. The molecule has 7 nitrogen and oxygen atoms in total. The zero-order chi connectivity index (χ0) is 31.9. The Bertz CT molecular complexity index is 1850. The van der Waals surface area contributed by atoms with Gasteiger partial charge in [-0.25, -0.2) is 9.97 Å². The van der Waals surface area contributed by atoms with Crippen LogP contribution in [0.3, 0.4) is 0 Å². The van der Waals surface area contributed by atoms with Gasteiger partial charge in [-0.2, -0.15) is 0 Å². The van der Waals surface area contributed by atoms with E-state index in [4.69, 9.17) is 4.98 Å². The van der Waals surface area contributed by atoms with Crippen LogP contribution in [0.25, 0.3) is 22.7 Å². The van der Waals surface area contributed by atoms with Crippen LogP contribution in [0.2, 0.25) is 0 Å². The summed E-state index contributed by atoms with van der Waals surface area (Å²) in [7, 11) is 0. The number of likely N-dealkylation sites (N-methyl/N-ethyl adjacent to an activating group) is 1. The lowest BCUT2D eigenvalue weighted by Crippen LogP contribution is -2.30. The molecule has 0 atom stereocenters. The van der Waals surface area contributed by atoms with Crippen molar-refractivity contribution in [3.8, 4) is 0 Å². The van der Waals surface area contributed by atoms with Gasteiger partial charge in [0.25, 0.3) is 5.91 Å². The average molecular weight is 611 g/mol. The van der Waals surface area contributed by atoms with E-state index in [9.17, 15) is 4.79 Å². The number of amides is 1. The molecule has 0 saturated carbocycles. The fourth-order valence-electron chi connectivity index (χ4n) is 6.06. The van der Waals surface area contributed by atoms with E-state index in [1.807, 2.05) is 67.3 Å². The van der Waals surface area contributed by atoms with E-state index in [2.05, 4.69) is 68.8 Å². The summed E-state index contributed by atoms with van der Waals surface area (Å²) in [5, 5.41) is 0. The molecule has 0 aliphatic carbocycles. The molecule has 0 unspecified atom stereocenters. The van der Waals surface area contributed by atoms with Gasteiger partial charge in [-0.1, -0.05) is 60.2 Å². The van der Waals surface area contributed by atoms with Crippen molar-refractivity contribution < 1.29 is 4.79 Å². The molecule has 0 radical (unpaired) electrons. The molecule has 2 aromatic carbocycles. The number of aromatic nitrogens is 4. The SMILES string of the molecule is CCN(C/C=C/c1cccc(/C(=C/CN2CCCC2)c2ccc(C)cc2)n1)C(=O)c1ccc(Cn2c(C)nc3cnccc32)cc1. The van der Waals surface area contributed by atoms with E-state index in [0.717, 1.165) is 59.0 Å². The maximum absolute atomic E-state index is 13.4. The lowest BCUT2D eigenvalue weighted by atomic mass is 10.00. The van der Waals surface area contributed by atoms with Crippen molar-refractivity contribution in [1.82, 2.24) is 29.3 Å². The molecular weight excluding hydrogens is 568 g/mol. The molecular formula is C39H42N6O. The van der Waals surface area contributed by atoms with Gasteiger partial charge >= 0.3 is 0 Å². The van der Waals surface area contributed by atoms with Crippen LogP contribution in [-0.4, -0.2) is 67.9 Å². The largest absolute Gasteiger partial charge is 0.335 e. The summed E-state index contributed by atoms with van der Waals surface area (Å²) in [6, 6.07) is 24.8. The molecule has 1 saturated heterocycles. The third-order valence-electron chi connectivity index (χ3n) is 8.73. The van der Waals surface area contributed by atoms with Crippen molar-refractivity contribution in [2.75, 3.05) is 32.7 Å². The van der Waals surface area contributed by atoms with Gasteiger partial charge in [-0.05, 0) is 94.2 Å². The number of aryl methyl sites for hydroxylation is 2. The number of nitrogens with zero attached hydrogens (tertiary/aromatic N) is 6. The number of benzene rings is 2. The summed E-state index contributed by atoms with van der Waals surface area (Å²) < 4.78 is 2.17. The molecule has 234 valence electrons. The van der Waals surface area contributed by atoms with Crippen LogP contribution in [0.5, 0.6) is 0 Å². The van der Waals surface area contributed by atoms with Gasteiger partial charge in [0.15, 0.2) is 0 Å². The van der Waals surface area contributed by atoms with E-state index in [1.165, 1.54) is 24.0 Å². The van der Waals surface area contributed by atoms with Crippen molar-refractivity contribution >= 4 is 28.6 Å². The maximum Gasteiger partial charge on any atom is 0.254 e. The van der Waals surface area contributed by atoms with E-state index >= 15 is 0 Å². The predicted molar refractivity (Wildman–Crippen MR) is 187 cm³/mol. The summed E-state index contributed by atoms with van der Waals surface area (Å²) in [6.07, 6.45) is 12.5. The van der Waals surface area contributed by atoms with Crippen LogP contribution in [0, 0.1) is 13.8 Å². The first kappa shape index (κ1) is 31.1. The highest BCUT2D eigenvalue weighted by atomic mass is 16.2. The number of imidazole rings is 1. The molecule has 1 aliphatic rings. The Balaban J connectivity index is 1.13. The van der Waals surface area contributed by atoms with Crippen molar-refractivity contribution in [3.63, 3.8) is 0 Å². The van der Waals surface area contributed by atoms with Crippen LogP contribution >= 0.6 is 0 Å². The molecule has 5 aromatic rings. The van der Waals surface area contributed by atoms with E-state index in [0.29, 0.717) is 25.2 Å². The van der Waals surface area contributed by atoms with Crippen molar-refractivity contribution in [2.24, 2.45) is 0 Å². The highest BCUT2D eigenvalue weighted by Crippen LogP contribution is 2.24. The number of hydrogen-bond donors (Lipinski definition) is 0. The zero-order valence-corrected chi connectivity index (χ0v) is 27.1. The molecule has 0 bridgehead atoms. The lowest BCUT2D eigenvalue weighted by Gasteiger charge is -2.19. The fraction of sp³-hybridized carbons (Fsp3) is 0.282. The highest BCUT2D eigenvalue weighted by molar-refractivity contribution is 5.94. The molecule has 1 fully saturated rings. The Morgan fingerprint density at radius 1 is 0.913 bits per heavy atom. The number of fused-ring (bicyclic) bond motifs is 1. The second-order valence-corrected chi connectivity index (χ2v) is 12.0. The number of pyridine rings is 2. The second kappa shape index (κ2) is 14.5. The van der Waals surface area contributed by atoms with Gasteiger partial charge in [-0.15, -0.1) is 0 Å². The Hall–Kier alpha value is -4.88. The first-order valence-electron chi connectivity index (χ1n) is 16.3. The molecule has 1 aliphatic heterocycles. The van der Waals surface area contributed by atoms with E-state index in [1.54, 1.807) is 12.4 Å². The molecule has 6 rings (SSSR count). The quantitative estimate of drug-likeness (QED) is 0.158. The molecule has 46 heavy (non-hydrogen) atoms. The van der Waals surface area contributed by atoms with Gasteiger partial charge in [0.1, 0.15) is 11.3 Å². The first-order chi connectivity index (χ1) is 22.5. The normalized spacial score (nSPS) is 14.0. The topological polar surface area (TPSA) is 67.2 Å². The molecule has 7 heteroatoms. The Labute approximate surface area is 271 Å². The summed E-state index contributed by atoms with van der Waals surface area (Å²) in [5.74, 6) is 0.957. The minimum Gasteiger partial charge on any atom is -0.335 e. The monoisotopic (exact) mass is 610 g/mol. The van der Waals surface area contributed by atoms with Gasteiger partial charge < -0.3 is 9.47 Å². The smallest absolute Gasteiger partial charge is 0.254 e. The molecule has 0 N–H and O–H groups in total. The van der Waals surface area contributed by atoms with Crippen LogP contribution in [0.15, 0.2) is 97.3 Å². The number of hydrogen-bond acceptors (Lipinski definition) is 5. The summed E-state index contributed by atoms with van der Waals surface area (Å²) in [4.78, 5) is 31.6. The average Bonchev–Trinajstić information content (AvgIpc) is 3.72. The van der Waals surface area contributed by atoms with Crippen molar-refractivity contribution in [1.29, 1.82) is 0 Å². The molecule has 0 spiro atoms. The number of carbonyl (C=O) groups is 1. The summed E-state index contributed by atoms with van der Waals surface area (Å²) in [5.41, 5.74) is 9.16. The maximum atomic E-state index is 13.4. The van der Waals surface area contributed by atoms with Crippen molar-refractivity contribution in [2.45, 2.75) is 40.2 Å². The Morgan fingerprint density at radius 2 is 1.67 bits per heavy atom. The predicted octanol–water partition coefficient (Wildman–Crippen LogP) is 7.19. The van der Waals surface area contributed by atoms with E-state index < -0.39 is 0 Å². The Kier molecular flexibility index (Phi) is 9.79. The fourth-order valence-corrected chi connectivity index (χ4v) is 6.06. The van der Waals surface area contributed by atoms with Gasteiger partial charge in [-0.3, -0.25) is 14.7 Å². The summed E-state index contributed by atoms with van der Waals surface area (Å²) in [6.45, 7) is 11.2. The lowest BCUT2D eigenvalue weighted by molar-refractivity contribution is 0.0782. The minimum absolute atomic E-state index is 0.0160. The van der Waals surface area contributed by atoms with Gasteiger partial charge in [0, 0.05) is 43.5 Å². The summed E-state index contributed by atoms with van der Waals surface area (Å²) >= 11 is 0. The highest BCUT2D eigenvalue weighted by Gasteiger charge is 2.15. The molecule has 1 amide bonds. The third-order valence-corrected chi connectivity index (χ3v) is 8.73. The van der Waals surface area contributed by atoms with Crippen LogP contribution in [-0.2, 0) is 6.54 Å². The zero-order valence-electron chi connectivity index (χ0n) is 27.1. The minimum atomic E-state index is 0.0160. The first-order valence-corrected chi connectivity index (χ1v) is 16.3. The van der Waals surface area contributed by atoms with E-state index in [-0.39, 0.29) is 5.91 Å². The molecule has 3 aromatic heterocycles. The number of rotatable bonds is 11. The molecule has 4 heterocycles. The van der Waals surface area contributed by atoms with Crippen molar-refractivity contribution in [3.05, 3.63) is 137 Å². The van der Waals surface area contributed by atoms with Crippen LogP contribution < -0.4 is 0 Å². The second-order valence-electron chi connectivity index (χ2n) is 12.0. The van der Waals surface area contributed by atoms with Crippen LogP contribution in [0.1, 0.15) is 64.0 Å². The number of likely N-dealkylation sites (tertiary alicyclic amines) is 1. The third kappa shape index (κ3) is 7.32. The standard InChI is InChI=1S/C39H42N6O/c1-4-44(39(46)33-18-14-31(15-19-33)28-45-30(3)41-37-27-40-22-20-38(37)45)25-8-10-34-9-7-11-36(42-34)35(21-26-43-23-5-6-24-43)32-16-12-29(2)13-17-32/h7-22,27H,4-6,23-26,28H2,1-3H3/b10-8+,35-21+. The van der Waals surface area contributed by atoms with Crippen LogP contribution in [0.4, 0.5) is 0 Å². The van der Waals surface area contributed by atoms with Gasteiger partial charge in [0.2, 0.25) is 0 Å². The van der Waals surface area contributed by atoms with Gasteiger partial charge in [0.05, 0.1) is 23.1 Å². The number of carbonyl (C=O) groups excluding carboxylic acids is 1.